The van der Waals surface area contributed by atoms with Gasteiger partial charge in [0.2, 0.25) is 0 Å². The van der Waals surface area contributed by atoms with Crippen LogP contribution in [-0.2, 0) is 0 Å². The fourth-order valence-electron chi connectivity index (χ4n) is 2.53. The van der Waals surface area contributed by atoms with Gasteiger partial charge in [0.25, 0.3) is 0 Å². The predicted molar refractivity (Wildman–Crippen MR) is 84.8 cm³/mol. The Morgan fingerprint density at radius 2 is 1.75 bits per heavy atom. The van der Waals surface area contributed by atoms with Crippen LogP contribution in [0.15, 0.2) is 42.5 Å². The molecule has 0 atom stereocenters. The van der Waals surface area contributed by atoms with Crippen molar-refractivity contribution in [1.82, 2.24) is 10.2 Å². The Balaban J connectivity index is 0.00000147. The number of benzene rings is 2. The molecule has 1 saturated heterocycles. The van der Waals surface area contributed by atoms with E-state index in [0.717, 1.165) is 37.1 Å². The topological polar surface area (TPSA) is 32.3 Å². The summed E-state index contributed by atoms with van der Waals surface area (Å²) >= 11 is 0. The molecule has 1 aliphatic heterocycles. The summed E-state index contributed by atoms with van der Waals surface area (Å²) in [6.45, 7) is 4.40. The minimum Gasteiger partial charge on any atom is -0.314 e. The normalized spacial score (nSPS) is 15.8. The largest absolute Gasteiger partial charge is 0.314 e. The molecule has 2 aromatic carbocycles. The molecular formula is C16H19ClN2O. The third kappa shape index (κ3) is 3.37. The van der Waals surface area contributed by atoms with Crippen molar-refractivity contribution >= 4 is 29.0 Å². The van der Waals surface area contributed by atoms with Crippen LogP contribution in [0, 0.1) is 0 Å². The second kappa shape index (κ2) is 6.84. The summed E-state index contributed by atoms with van der Waals surface area (Å²) < 4.78 is 0. The Morgan fingerprint density at radius 1 is 1.05 bits per heavy atom. The molecule has 0 aromatic heterocycles. The van der Waals surface area contributed by atoms with E-state index in [9.17, 15) is 4.79 Å². The third-order valence-electron chi connectivity index (χ3n) is 3.65. The zero-order valence-electron chi connectivity index (χ0n) is 11.3. The van der Waals surface area contributed by atoms with E-state index in [1.165, 1.54) is 5.39 Å². The molecule has 0 bridgehead atoms. The lowest BCUT2D eigenvalue weighted by Crippen LogP contribution is -2.45. The second-order valence-electron chi connectivity index (χ2n) is 5.01. The maximum absolute atomic E-state index is 12.3. The molecule has 2 aromatic rings. The van der Waals surface area contributed by atoms with Crippen LogP contribution in [0.2, 0.25) is 0 Å². The predicted octanol–water partition coefficient (Wildman–Crippen LogP) is 2.35. The molecule has 0 radical (unpaired) electrons. The van der Waals surface area contributed by atoms with E-state index in [2.05, 4.69) is 22.3 Å². The van der Waals surface area contributed by atoms with Crippen LogP contribution < -0.4 is 5.32 Å². The van der Waals surface area contributed by atoms with Crippen molar-refractivity contribution in [2.24, 2.45) is 0 Å². The fourth-order valence-corrected chi connectivity index (χ4v) is 2.53. The average Bonchev–Trinajstić information content (AvgIpc) is 2.48. The van der Waals surface area contributed by atoms with Crippen molar-refractivity contribution < 1.29 is 4.79 Å². The smallest absolute Gasteiger partial charge is 0.176 e. The first-order valence-corrected chi connectivity index (χ1v) is 6.78. The summed E-state index contributed by atoms with van der Waals surface area (Å²) in [6.07, 6.45) is 0. The van der Waals surface area contributed by atoms with E-state index in [0.29, 0.717) is 6.54 Å². The lowest BCUT2D eigenvalue weighted by molar-refractivity contribution is 0.0921. The highest BCUT2D eigenvalue weighted by Crippen LogP contribution is 2.16. The summed E-state index contributed by atoms with van der Waals surface area (Å²) in [5, 5.41) is 5.61. The standard InChI is InChI=1S/C16H18N2O.ClH/c19-16(12-18-9-7-17-8-10-18)15-6-5-13-3-1-2-4-14(13)11-15;/h1-6,11,17H,7-10,12H2;1H. The molecule has 20 heavy (non-hydrogen) atoms. The summed E-state index contributed by atoms with van der Waals surface area (Å²) in [6, 6.07) is 14.1. The van der Waals surface area contributed by atoms with Crippen LogP contribution in [-0.4, -0.2) is 43.4 Å². The number of fused-ring (bicyclic) bond motifs is 1. The number of piperazine rings is 1. The van der Waals surface area contributed by atoms with Gasteiger partial charge in [-0.2, -0.15) is 0 Å². The minimum absolute atomic E-state index is 0. The van der Waals surface area contributed by atoms with Crippen LogP contribution in [0.1, 0.15) is 10.4 Å². The van der Waals surface area contributed by atoms with Crippen LogP contribution in [0.3, 0.4) is 0 Å². The van der Waals surface area contributed by atoms with Gasteiger partial charge in [-0.3, -0.25) is 9.69 Å². The zero-order valence-corrected chi connectivity index (χ0v) is 12.2. The molecule has 4 heteroatoms. The van der Waals surface area contributed by atoms with E-state index in [1.54, 1.807) is 0 Å². The van der Waals surface area contributed by atoms with Gasteiger partial charge in [-0.05, 0) is 16.8 Å². The number of hydrogen-bond donors (Lipinski definition) is 1. The number of carbonyl (C=O) groups is 1. The first-order valence-electron chi connectivity index (χ1n) is 6.78. The second-order valence-corrected chi connectivity index (χ2v) is 5.01. The highest BCUT2D eigenvalue weighted by atomic mass is 35.5. The van der Waals surface area contributed by atoms with Crippen LogP contribution in [0.5, 0.6) is 0 Å². The molecule has 1 N–H and O–H groups in total. The van der Waals surface area contributed by atoms with E-state index >= 15 is 0 Å². The minimum atomic E-state index is 0. The number of halogens is 1. The fraction of sp³-hybridized carbons (Fsp3) is 0.312. The Bertz CT molecular complexity index is 594. The molecule has 1 heterocycles. The van der Waals surface area contributed by atoms with Gasteiger partial charge in [0.05, 0.1) is 6.54 Å². The van der Waals surface area contributed by atoms with E-state index in [4.69, 9.17) is 0 Å². The molecule has 3 rings (SSSR count). The molecule has 0 saturated carbocycles. The zero-order chi connectivity index (χ0) is 13.1. The van der Waals surface area contributed by atoms with E-state index in [-0.39, 0.29) is 18.2 Å². The monoisotopic (exact) mass is 290 g/mol. The summed E-state index contributed by atoms with van der Waals surface area (Å²) in [5.41, 5.74) is 0.817. The van der Waals surface area contributed by atoms with Crippen molar-refractivity contribution in [3.8, 4) is 0 Å². The van der Waals surface area contributed by atoms with Crippen molar-refractivity contribution in [3.05, 3.63) is 48.0 Å². The van der Waals surface area contributed by atoms with Gasteiger partial charge in [0.15, 0.2) is 5.78 Å². The molecule has 0 amide bonds. The number of nitrogens with zero attached hydrogens (tertiary/aromatic N) is 1. The Morgan fingerprint density at radius 3 is 2.50 bits per heavy atom. The van der Waals surface area contributed by atoms with Crippen molar-refractivity contribution in [3.63, 3.8) is 0 Å². The lowest BCUT2D eigenvalue weighted by Gasteiger charge is -2.26. The maximum Gasteiger partial charge on any atom is 0.176 e. The van der Waals surface area contributed by atoms with Gasteiger partial charge >= 0.3 is 0 Å². The average molecular weight is 291 g/mol. The van der Waals surface area contributed by atoms with Crippen LogP contribution in [0.25, 0.3) is 10.8 Å². The van der Waals surface area contributed by atoms with E-state index < -0.39 is 0 Å². The van der Waals surface area contributed by atoms with Gasteiger partial charge in [0, 0.05) is 31.7 Å². The summed E-state index contributed by atoms with van der Waals surface area (Å²) in [7, 11) is 0. The van der Waals surface area contributed by atoms with Gasteiger partial charge in [-0.1, -0.05) is 36.4 Å². The maximum atomic E-state index is 12.3. The Hall–Kier alpha value is -1.42. The number of nitrogens with one attached hydrogen (secondary N) is 1. The van der Waals surface area contributed by atoms with Crippen LogP contribution in [0.4, 0.5) is 0 Å². The summed E-state index contributed by atoms with van der Waals surface area (Å²) in [4.78, 5) is 14.5. The number of carbonyl (C=O) groups excluding carboxylic acids is 1. The first-order chi connectivity index (χ1) is 9.33. The SMILES string of the molecule is Cl.O=C(CN1CCNCC1)c1ccc2ccccc2c1. The molecular weight excluding hydrogens is 272 g/mol. The van der Waals surface area contributed by atoms with Crippen LogP contribution >= 0.6 is 12.4 Å². The van der Waals surface area contributed by atoms with Gasteiger partial charge in [-0.25, -0.2) is 0 Å². The lowest BCUT2D eigenvalue weighted by atomic mass is 10.0. The first kappa shape index (κ1) is 15.0. The Kier molecular flexibility index (Phi) is 5.12. The molecule has 3 nitrogen and oxygen atoms in total. The number of Topliss-reactive ketones (excluding diaryl/α,β-unsaturated/α-hetero) is 1. The highest BCUT2D eigenvalue weighted by Gasteiger charge is 2.14. The van der Waals surface area contributed by atoms with E-state index in [1.807, 2.05) is 30.3 Å². The van der Waals surface area contributed by atoms with Crippen molar-refractivity contribution in [2.75, 3.05) is 32.7 Å². The molecule has 0 unspecified atom stereocenters. The van der Waals surface area contributed by atoms with Gasteiger partial charge in [0.1, 0.15) is 0 Å². The van der Waals surface area contributed by atoms with Crippen molar-refractivity contribution in [2.45, 2.75) is 0 Å². The number of hydrogen-bond acceptors (Lipinski definition) is 3. The summed E-state index contributed by atoms with van der Waals surface area (Å²) in [5.74, 6) is 0.215. The molecule has 0 aliphatic carbocycles. The molecule has 0 spiro atoms. The number of rotatable bonds is 3. The molecule has 1 fully saturated rings. The van der Waals surface area contributed by atoms with Gasteiger partial charge in [-0.15, -0.1) is 12.4 Å². The highest BCUT2D eigenvalue weighted by molar-refractivity contribution is 6.01. The Labute approximate surface area is 125 Å². The third-order valence-corrected chi connectivity index (χ3v) is 3.65. The quantitative estimate of drug-likeness (QED) is 0.881. The molecule has 1 aliphatic rings. The number of ketones is 1. The molecule has 106 valence electrons. The van der Waals surface area contributed by atoms with Crippen molar-refractivity contribution in [1.29, 1.82) is 0 Å². The van der Waals surface area contributed by atoms with Gasteiger partial charge < -0.3 is 5.32 Å².